The molecular weight excluding hydrogens is 400 g/mol. The van der Waals surface area contributed by atoms with Gasteiger partial charge in [-0.05, 0) is 38.5 Å². The fourth-order valence-electron chi connectivity index (χ4n) is 4.87. The van der Waals surface area contributed by atoms with Crippen LogP contribution in [0.1, 0.15) is 52.9 Å². The van der Waals surface area contributed by atoms with E-state index >= 15 is 0 Å². The summed E-state index contributed by atoms with van der Waals surface area (Å²) in [5.41, 5.74) is -0.420. The van der Waals surface area contributed by atoms with Crippen LogP contribution in [0.15, 0.2) is 35.3 Å². The molecule has 0 amide bonds. The SMILES string of the molecule is C=C[C@](C)(C[C@@H](OCOC)[C@]1(C)C2=C(CCC2=O)CC[C@H]1C)C(O)=C([N+]#N)C(=O)OC. The summed E-state index contributed by atoms with van der Waals surface area (Å²) >= 11 is 0. The number of carbonyl (C=O) groups excluding carboxylic acids is 2. The maximum atomic E-state index is 12.9. The van der Waals surface area contributed by atoms with Gasteiger partial charge in [0.05, 0.1) is 18.6 Å². The van der Waals surface area contributed by atoms with E-state index in [1.54, 1.807) is 6.92 Å². The van der Waals surface area contributed by atoms with Crippen molar-refractivity contribution >= 4 is 11.8 Å². The molecule has 8 heteroatoms. The van der Waals surface area contributed by atoms with Crippen LogP contribution < -0.4 is 0 Å². The second-order valence-corrected chi connectivity index (χ2v) is 8.80. The van der Waals surface area contributed by atoms with Crippen LogP contribution in [-0.4, -0.2) is 44.0 Å². The fraction of sp³-hybridized carbons (Fsp3) is 0.652. The molecule has 170 valence electrons. The van der Waals surface area contributed by atoms with E-state index in [0.717, 1.165) is 31.9 Å². The van der Waals surface area contributed by atoms with Crippen LogP contribution >= 0.6 is 0 Å². The number of aliphatic hydroxyl groups is 1. The third-order valence-corrected chi connectivity index (χ3v) is 7.09. The highest BCUT2D eigenvalue weighted by Crippen LogP contribution is 2.54. The van der Waals surface area contributed by atoms with Gasteiger partial charge in [-0.2, -0.15) is 0 Å². The van der Waals surface area contributed by atoms with Crippen molar-refractivity contribution < 1.29 is 28.9 Å². The standard InChI is InChI=1S/C23H32N2O6/c1-7-22(3,20(27)19(25-24)21(28)30-6)12-17(31-13-29-5)23(4)14(2)8-9-15-10-11-16(26)18(15)23/h7,14,17H,1,8-13H2,2-6H3/p+1/t14-,17-,22-,23-/m1/s1. The van der Waals surface area contributed by atoms with Gasteiger partial charge < -0.3 is 19.3 Å². The van der Waals surface area contributed by atoms with Gasteiger partial charge in [0, 0.05) is 24.5 Å². The van der Waals surface area contributed by atoms with Gasteiger partial charge in [-0.3, -0.25) is 4.79 Å². The number of aliphatic hydroxyl groups excluding tert-OH is 1. The van der Waals surface area contributed by atoms with Crippen molar-refractivity contribution in [3.63, 3.8) is 0 Å². The number of rotatable bonds is 9. The summed E-state index contributed by atoms with van der Waals surface area (Å²) in [6, 6.07) is 0. The molecule has 0 aromatic carbocycles. The number of hydrogen-bond acceptors (Lipinski definition) is 7. The minimum Gasteiger partial charge on any atom is -0.504 e. The van der Waals surface area contributed by atoms with E-state index in [-0.39, 0.29) is 24.9 Å². The van der Waals surface area contributed by atoms with Gasteiger partial charge in [0.25, 0.3) is 0 Å². The number of ketones is 1. The summed E-state index contributed by atoms with van der Waals surface area (Å²) in [6.45, 7) is 9.60. The molecule has 2 aliphatic carbocycles. The van der Waals surface area contributed by atoms with Gasteiger partial charge in [-0.1, -0.05) is 25.5 Å². The van der Waals surface area contributed by atoms with Crippen molar-refractivity contribution in [3.05, 3.63) is 40.2 Å². The molecule has 0 aromatic rings. The van der Waals surface area contributed by atoms with Gasteiger partial charge in [0.2, 0.25) is 11.2 Å². The lowest BCUT2D eigenvalue weighted by atomic mass is 9.59. The van der Waals surface area contributed by atoms with Crippen molar-refractivity contribution in [2.24, 2.45) is 16.7 Å². The van der Waals surface area contributed by atoms with Crippen LogP contribution in [0.2, 0.25) is 0 Å². The average molecular weight is 434 g/mol. The van der Waals surface area contributed by atoms with Gasteiger partial charge in [-0.15, -0.1) is 6.58 Å². The van der Waals surface area contributed by atoms with E-state index < -0.39 is 34.4 Å². The second-order valence-electron chi connectivity index (χ2n) is 8.80. The van der Waals surface area contributed by atoms with Crippen molar-refractivity contribution in [2.75, 3.05) is 21.0 Å². The number of Topliss-reactive ketones (excluding diaryl/α,β-unsaturated/α-hetero) is 1. The summed E-state index contributed by atoms with van der Waals surface area (Å²) in [5.74, 6) is -1.19. The molecule has 0 saturated carbocycles. The molecule has 0 bridgehead atoms. The Labute approximate surface area is 183 Å². The Kier molecular flexibility index (Phi) is 7.79. The highest BCUT2D eigenvalue weighted by atomic mass is 16.7. The first-order valence-electron chi connectivity index (χ1n) is 10.5. The first-order chi connectivity index (χ1) is 14.6. The van der Waals surface area contributed by atoms with E-state index in [9.17, 15) is 20.1 Å². The van der Waals surface area contributed by atoms with Crippen molar-refractivity contribution in [1.82, 2.24) is 0 Å². The topological polar surface area (TPSA) is 110 Å². The molecule has 0 aromatic heterocycles. The lowest BCUT2D eigenvalue weighted by molar-refractivity contribution is -0.138. The Bertz CT molecular complexity index is 855. The Hall–Kier alpha value is -2.50. The Morgan fingerprint density at radius 2 is 2.10 bits per heavy atom. The summed E-state index contributed by atoms with van der Waals surface area (Å²) in [4.78, 5) is 27.8. The molecule has 2 aliphatic rings. The monoisotopic (exact) mass is 433 g/mol. The number of diazo groups is 1. The van der Waals surface area contributed by atoms with Gasteiger partial charge in [0.1, 0.15) is 6.79 Å². The molecule has 31 heavy (non-hydrogen) atoms. The molecule has 2 rings (SSSR count). The van der Waals surface area contributed by atoms with Gasteiger partial charge in [0.15, 0.2) is 10.8 Å². The maximum absolute atomic E-state index is 12.9. The van der Waals surface area contributed by atoms with Crippen molar-refractivity contribution in [1.29, 1.82) is 5.39 Å². The van der Waals surface area contributed by atoms with Crippen LogP contribution in [0.25, 0.3) is 4.98 Å². The minimum absolute atomic E-state index is 0.00425. The van der Waals surface area contributed by atoms with E-state index in [2.05, 4.69) is 23.2 Å². The smallest absolute Gasteiger partial charge is 0.504 e. The first-order valence-corrected chi connectivity index (χ1v) is 10.5. The maximum Gasteiger partial charge on any atom is 0.506 e. The third-order valence-electron chi connectivity index (χ3n) is 7.09. The Morgan fingerprint density at radius 3 is 2.65 bits per heavy atom. The molecule has 0 aliphatic heterocycles. The van der Waals surface area contributed by atoms with Gasteiger partial charge >= 0.3 is 11.7 Å². The predicted octanol–water partition coefficient (Wildman–Crippen LogP) is 4.45. The number of esters is 1. The predicted molar refractivity (Wildman–Crippen MR) is 114 cm³/mol. The van der Waals surface area contributed by atoms with E-state index in [4.69, 9.17) is 9.47 Å². The fourth-order valence-corrected chi connectivity index (χ4v) is 4.87. The molecule has 4 atom stereocenters. The zero-order chi connectivity index (χ0) is 23.4. The molecule has 1 N–H and O–H groups in total. The van der Waals surface area contributed by atoms with E-state index in [1.807, 2.05) is 6.92 Å². The number of carbonyl (C=O) groups is 2. The number of nitrogens with zero attached hydrogens (tertiary/aromatic N) is 2. The number of methoxy groups -OCH3 is 2. The average Bonchev–Trinajstić information content (AvgIpc) is 3.15. The number of hydrogen-bond donors (Lipinski definition) is 1. The highest BCUT2D eigenvalue weighted by molar-refractivity contribution is 6.00. The highest BCUT2D eigenvalue weighted by Gasteiger charge is 2.53. The van der Waals surface area contributed by atoms with Crippen molar-refractivity contribution in [3.8, 4) is 0 Å². The Morgan fingerprint density at radius 1 is 1.42 bits per heavy atom. The van der Waals surface area contributed by atoms with Crippen LogP contribution in [-0.2, 0) is 23.8 Å². The Balaban J connectivity index is 2.58. The largest absolute Gasteiger partial charge is 0.506 e. The van der Waals surface area contributed by atoms with E-state index in [1.165, 1.54) is 18.8 Å². The summed E-state index contributed by atoms with van der Waals surface area (Å²) in [7, 11) is 2.64. The summed E-state index contributed by atoms with van der Waals surface area (Å²) in [5, 5.41) is 20.2. The third kappa shape index (κ3) is 4.43. The molecule has 0 unspecified atom stereocenters. The van der Waals surface area contributed by atoms with Crippen molar-refractivity contribution in [2.45, 2.75) is 59.0 Å². The molecule has 0 radical (unpaired) electrons. The molecule has 0 spiro atoms. The van der Waals surface area contributed by atoms with Crippen LogP contribution in [0.5, 0.6) is 0 Å². The zero-order valence-electron chi connectivity index (χ0n) is 19.1. The number of ether oxygens (including phenoxy) is 3. The van der Waals surface area contributed by atoms with Crippen LogP contribution in [0, 0.1) is 22.1 Å². The molecule has 0 saturated heterocycles. The molecule has 0 fully saturated rings. The summed E-state index contributed by atoms with van der Waals surface area (Å²) in [6.07, 6.45) is 4.19. The zero-order valence-corrected chi connectivity index (χ0v) is 19.1. The second kappa shape index (κ2) is 9.75. The quantitative estimate of drug-likeness (QED) is 0.143. The molecule has 0 heterocycles. The van der Waals surface area contributed by atoms with E-state index in [0.29, 0.717) is 6.42 Å². The number of allylic oxidation sites excluding steroid dienone is 2. The minimum atomic E-state index is -1.20. The molecular formula is C23H33N2O6+. The van der Waals surface area contributed by atoms with Gasteiger partial charge in [-0.25, -0.2) is 4.79 Å². The van der Waals surface area contributed by atoms with Crippen LogP contribution in [0.3, 0.4) is 0 Å². The lowest BCUT2D eigenvalue weighted by Crippen LogP contribution is -2.47. The normalized spacial score (nSPS) is 27.0. The summed E-state index contributed by atoms with van der Waals surface area (Å²) < 4.78 is 15.9. The van der Waals surface area contributed by atoms with Crippen LogP contribution in [0.4, 0.5) is 0 Å². The molecule has 8 nitrogen and oxygen atoms in total. The lowest BCUT2D eigenvalue weighted by Gasteiger charge is -2.47. The first kappa shape index (κ1) is 24.8.